The first kappa shape index (κ1) is 65.7. The van der Waals surface area contributed by atoms with Gasteiger partial charge in [-0.15, -0.1) is 0 Å². The van der Waals surface area contributed by atoms with Crippen molar-refractivity contribution < 1.29 is 47.6 Å². The van der Waals surface area contributed by atoms with Crippen LogP contribution in [0, 0.1) is 19.7 Å². The summed E-state index contributed by atoms with van der Waals surface area (Å²) >= 11 is 0. The molecular formula is C69H64FN7O10S4. The molecule has 466 valence electrons. The Morgan fingerprint density at radius 2 is 0.890 bits per heavy atom. The summed E-state index contributed by atoms with van der Waals surface area (Å²) in [6, 6.07) is 65.8. The van der Waals surface area contributed by atoms with Gasteiger partial charge in [0.25, 0.3) is 0 Å². The van der Waals surface area contributed by atoms with Gasteiger partial charge in [0.05, 0.1) is 76.9 Å². The number of sulfone groups is 3. The van der Waals surface area contributed by atoms with Crippen LogP contribution in [0.4, 0.5) is 4.39 Å². The summed E-state index contributed by atoms with van der Waals surface area (Å²) in [5.41, 5.74) is 14.0. The van der Waals surface area contributed by atoms with Crippen molar-refractivity contribution in [3.8, 4) is 50.8 Å². The van der Waals surface area contributed by atoms with Crippen molar-refractivity contribution in [1.29, 1.82) is 0 Å². The Morgan fingerprint density at radius 3 is 1.38 bits per heavy atom. The smallest absolute Gasteiger partial charge is 0.339 e. The fourth-order valence-corrected chi connectivity index (χ4v) is 12.1. The van der Waals surface area contributed by atoms with E-state index in [9.17, 15) is 42.9 Å². The van der Waals surface area contributed by atoms with E-state index in [0.717, 1.165) is 86.1 Å². The van der Waals surface area contributed by atoms with Crippen LogP contribution < -0.4 is 5.14 Å². The third kappa shape index (κ3) is 16.6. The highest BCUT2D eigenvalue weighted by Gasteiger charge is 2.27. The average molecular weight is 1300 g/mol. The third-order valence-electron chi connectivity index (χ3n) is 14.3. The number of carbonyl (C=O) groups is 1. The lowest BCUT2D eigenvalue weighted by Gasteiger charge is -2.08. The number of rotatable bonds is 14. The fourth-order valence-electron chi connectivity index (χ4n) is 9.67. The summed E-state index contributed by atoms with van der Waals surface area (Å²) < 4.78 is 116. The van der Waals surface area contributed by atoms with E-state index >= 15 is 0 Å². The highest BCUT2D eigenvalue weighted by atomic mass is 32.2. The van der Waals surface area contributed by atoms with Crippen molar-refractivity contribution in [2.75, 3.05) is 25.4 Å². The first-order chi connectivity index (χ1) is 43.2. The van der Waals surface area contributed by atoms with Gasteiger partial charge in [0.15, 0.2) is 29.5 Å². The topological polar surface area (TPSA) is 242 Å². The summed E-state index contributed by atoms with van der Waals surface area (Å²) in [6.45, 7) is 6.25. The maximum absolute atomic E-state index is 13.2. The fraction of sp³-hybridized carbons (Fsp3) is 0.130. The zero-order chi connectivity index (χ0) is 65.3. The van der Waals surface area contributed by atoms with E-state index in [4.69, 9.17) is 9.88 Å². The van der Waals surface area contributed by atoms with Crippen molar-refractivity contribution in [2.45, 2.75) is 53.2 Å². The lowest BCUT2D eigenvalue weighted by molar-refractivity contribution is -0.133. The molecule has 4 heterocycles. The van der Waals surface area contributed by atoms with Crippen LogP contribution in [0.2, 0.25) is 0 Å². The summed E-state index contributed by atoms with van der Waals surface area (Å²) in [6.07, 6.45) is 7.07. The van der Waals surface area contributed by atoms with Crippen LogP contribution in [-0.4, -0.2) is 94.4 Å². The Balaban J connectivity index is 0.000000144. The molecule has 0 spiro atoms. The van der Waals surface area contributed by atoms with Gasteiger partial charge in [-0.05, 0) is 159 Å². The Morgan fingerprint density at radius 1 is 0.473 bits per heavy atom. The number of ether oxygens (including phenoxy) is 1. The number of nitrogens with two attached hydrogens (primary N) is 1. The molecule has 0 unspecified atom stereocenters. The second-order valence-electron chi connectivity index (χ2n) is 21.3. The molecule has 22 heteroatoms. The van der Waals surface area contributed by atoms with Gasteiger partial charge in [-0.3, -0.25) is 0 Å². The molecule has 3 aromatic heterocycles. The van der Waals surface area contributed by atoms with Crippen molar-refractivity contribution in [3.63, 3.8) is 0 Å². The minimum atomic E-state index is -3.74. The van der Waals surface area contributed by atoms with Gasteiger partial charge in [-0.1, -0.05) is 116 Å². The molecule has 12 rings (SSSR count). The highest BCUT2D eigenvalue weighted by molar-refractivity contribution is 7.91. The Hall–Kier alpha value is -9.71. The standard InChI is InChI=1S/C18H18FN3O2S.2C17H16N2O2S.C17H14O4S/c1-2-3-15-12-18(13-4-6-14(19)7-5-13)22(21-15)16-8-10-17(11-9-16)25(20,23)24;1-13-3-5-14(6-4-13)17-11-12-18-19(17)15-7-9-16(10-8-15)22(2,20)21;1-13-12-17(14-6-4-3-5-7-14)19(18-13)15-8-10-16(11-9-15)22(2,20)21;1-22(19,20)14-9-7-12(8-10-14)15-11-21-17(18)16(15)13-5-3-2-4-6-13/h4-12H,2-3H2,1H3,(H2,20,23,24);2*3-12H,1-2H3;2-10H,11H2,1H3. The lowest BCUT2D eigenvalue weighted by Crippen LogP contribution is -2.12. The number of sulfonamides is 1. The third-order valence-corrected chi connectivity index (χ3v) is 18.6. The average Bonchev–Trinajstić information content (AvgIpc) is 1.80. The van der Waals surface area contributed by atoms with Crippen molar-refractivity contribution in [2.24, 2.45) is 5.14 Å². The molecule has 0 radical (unpaired) electrons. The molecule has 0 bridgehead atoms. The zero-order valence-electron chi connectivity index (χ0n) is 50.4. The van der Waals surface area contributed by atoms with E-state index in [1.54, 1.807) is 113 Å². The Kier molecular flexibility index (Phi) is 20.2. The first-order valence-corrected chi connectivity index (χ1v) is 35.6. The van der Waals surface area contributed by atoms with Crippen molar-refractivity contribution >= 4 is 56.7 Å². The molecule has 2 N–H and O–H groups in total. The van der Waals surface area contributed by atoms with Crippen molar-refractivity contribution in [3.05, 3.63) is 265 Å². The molecule has 0 saturated carbocycles. The number of aryl methyl sites for hydroxylation is 3. The number of esters is 1. The van der Waals surface area contributed by atoms with Gasteiger partial charge in [0.1, 0.15) is 12.4 Å². The van der Waals surface area contributed by atoms with E-state index in [2.05, 4.69) is 34.4 Å². The number of halogens is 1. The first-order valence-electron chi connectivity index (χ1n) is 28.3. The predicted octanol–water partition coefficient (Wildman–Crippen LogP) is 12.3. The van der Waals surface area contributed by atoms with Crippen LogP contribution in [0.1, 0.15) is 41.4 Å². The predicted molar refractivity (Wildman–Crippen MR) is 352 cm³/mol. The maximum Gasteiger partial charge on any atom is 0.339 e. The number of primary sulfonamides is 1. The van der Waals surface area contributed by atoms with Gasteiger partial charge in [-0.25, -0.2) is 62.0 Å². The van der Waals surface area contributed by atoms with Gasteiger partial charge in [0.2, 0.25) is 10.0 Å². The quantitative estimate of drug-likeness (QED) is 0.0997. The van der Waals surface area contributed by atoms with E-state index < -0.39 is 39.5 Å². The molecule has 0 aliphatic carbocycles. The Labute approximate surface area is 529 Å². The highest BCUT2D eigenvalue weighted by Crippen LogP contribution is 2.34. The Bertz CT molecular complexity index is 4870. The molecule has 11 aromatic rings. The largest absolute Gasteiger partial charge is 0.457 e. The monoisotopic (exact) mass is 1300 g/mol. The summed E-state index contributed by atoms with van der Waals surface area (Å²) in [5, 5.41) is 18.6. The molecule has 0 saturated heterocycles. The summed E-state index contributed by atoms with van der Waals surface area (Å²) in [5.74, 6) is -0.658. The maximum atomic E-state index is 13.2. The number of nitrogens with zero attached hydrogens (tertiary/aromatic N) is 6. The molecule has 1 aliphatic heterocycles. The second kappa shape index (κ2) is 28.0. The molecule has 91 heavy (non-hydrogen) atoms. The SMILES string of the molecule is CCCc1cc(-c2ccc(F)cc2)n(-c2ccc(S(N)(=O)=O)cc2)n1.CS(=O)(=O)c1ccc(C2=C(c3ccccc3)C(=O)OC2)cc1.Cc1cc(-c2ccccc2)n(-c2ccc(S(C)(=O)=O)cc2)n1.Cc1ccc(-c2ccnn2-c2ccc(S(C)(=O)=O)cc2)cc1. The van der Waals surface area contributed by atoms with Crippen LogP contribution in [-0.2, 0) is 55.5 Å². The van der Waals surface area contributed by atoms with Gasteiger partial charge in [0, 0.05) is 41.0 Å². The zero-order valence-corrected chi connectivity index (χ0v) is 53.7. The van der Waals surface area contributed by atoms with Crippen LogP contribution in [0.25, 0.3) is 62.0 Å². The molecular weight excluding hydrogens is 1230 g/mol. The second-order valence-corrected chi connectivity index (χ2v) is 28.9. The molecule has 0 amide bonds. The molecule has 0 fully saturated rings. The summed E-state index contributed by atoms with van der Waals surface area (Å²) in [7, 11) is -13.4. The van der Waals surface area contributed by atoms with Crippen LogP contribution in [0.3, 0.4) is 0 Å². The molecule has 17 nitrogen and oxygen atoms in total. The van der Waals surface area contributed by atoms with Crippen LogP contribution in [0.15, 0.2) is 250 Å². The minimum absolute atomic E-state index is 0.0421. The molecule has 8 aromatic carbocycles. The van der Waals surface area contributed by atoms with E-state index in [1.807, 2.05) is 110 Å². The number of aromatic nitrogens is 6. The normalized spacial score (nSPS) is 12.4. The number of cyclic esters (lactones) is 1. The van der Waals surface area contributed by atoms with E-state index in [-0.39, 0.29) is 28.2 Å². The van der Waals surface area contributed by atoms with Gasteiger partial charge in [-0.2, -0.15) is 15.3 Å². The van der Waals surface area contributed by atoms with Gasteiger partial charge < -0.3 is 4.74 Å². The van der Waals surface area contributed by atoms with Gasteiger partial charge >= 0.3 is 5.97 Å². The molecule has 0 atom stereocenters. The number of hydrogen-bond acceptors (Lipinski definition) is 13. The number of benzene rings is 8. The van der Waals surface area contributed by atoms with E-state index in [0.29, 0.717) is 21.1 Å². The van der Waals surface area contributed by atoms with Crippen LogP contribution >= 0.6 is 0 Å². The van der Waals surface area contributed by atoms with E-state index in [1.165, 1.54) is 48.6 Å². The minimum Gasteiger partial charge on any atom is -0.457 e. The molecule has 1 aliphatic rings. The summed E-state index contributed by atoms with van der Waals surface area (Å²) in [4.78, 5) is 12.9. The van der Waals surface area contributed by atoms with Crippen molar-refractivity contribution in [1.82, 2.24) is 29.3 Å². The number of hydrogen-bond donors (Lipinski definition) is 1. The van der Waals surface area contributed by atoms with Crippen LogP contribution in [0.5, 0.6) is 0 Å². The number of carbonyl (C=O) groups excluding carboxylic acids is 1. The lowest BCUT2D eigenvalue weighted by atomic mass is 9.97.